The third-order valence-corrected chi connectivity index (χ3v) is 6.26. The molecule has 8 heteroatoms. The normalized spacial score (nSPS) is 15.6. The van der Waals surface area contributed by atoms with E-state index in [0.717, 1.165) is 11.3 Å². The molecule has 3 aromatic rings. The number of aromatic nitrogens is 1. The van der Waals surface area contributed by atoms with Crippen molar-refractivity contribution in [2.24, 2.45) is 5.92 Å². The lowest BCUT2D eigenvalue weighted by Crippen LogP contribution is -2.43. The summed E-state index contributed by atoms with van der Waals surface area (Å²) in [6.45, 7) is 2.11. The van der Waals surface area contributed by atoms with E-state index >= 15 is 0 Å². The van der Waals surface area contributed by atoms with Crippen LogP contribution in [0.1, 0.15) is 30.1 Å². The number of halogens is 3. The molecule has 1 saturated heterocycles. The van der Waals surface area contributed by atoms with E-state index in [-0.39, 0.29) is 30.2 Å². The molecule has 178 valence electrons. The molecule has 4 rings (SSSR count). The van der Waals surface area contributed by atoms with Crippen LogP contribution in [0.4, 0.5) is 8.78 Å². The van der Waals surface area contributed by atoms with Crippen LogP contribution in [0.5, 0.6) is 5.75 Å². The molecule has 1 amide bonds. The number of piperidine rings is 1. The highest BCUT2D eigenvalue weighted by atomic mass is 35.5. The van der Waals surface area contributed by atoms with E-state index in [1.807, 2.05) is 30.3 Å². The van der Waals surface area contributed by atoms with Gasteiger partial charge < -0.3 is 10.1 Å². The van der Waals surface area contributed by atoms with E-state index in [2.05, 4.69) is 15.2 Å². The Labute approximate surface area is 202 Å². The molecule has 2 heterocycles. The van der Waals surface area contributed by atoms with E-state index in [0.29, 0.717) is 37.5 Å². The molecule has 34 heavy (non-hydrogen) atoms. The van der Waals surface area contributed by atoms with Crippen LogP contribution in [0.3, 0.4) is 0 Å². The fraction of sp³-hybridized carbons (Fsp3) is 0.308. The van der Waals surface area contributed by atoms with Crippen molar-refractivity contribution in [3.05, 3.63) is 94.8 Å². The smallest absolute Gasteiger partial charge is 0.224 e. The summed E-state index contributed by atoms with van der Waals surface area (Å²) >= 11 is 6.04. The first-order valence-corrected chi connectivity index (χ1v) is 11.6. The van der Waals surface area contributed by atoms with Crippen LogP contribution in [0.25, 0.3) is 0 Å². The maximum Gasteiger partial charge on any atom is 0.224 e. The number of nitrogens with zero attached hydrogens (tertiary/aromatic N) is 2. The number of pyridine rings is 1. The predicted octanol–water partition coefficient (Wildman–Crippen LogP) is 5.01. The highest BCUT2D eigenvalue weighted by molar-refractivity contribution is 6.30. The number of nitrogens with one attached hydrogen (secondary N) is 1. The van der Waals surface area contributed by atoms with Gasteiger partial charge in [-0.1, -0.05) is 35.9 Å². The van der Waals surface area contributed by atoms with Gasteiger partial charge in [0.2, 0.25) is 5.91 Å². The molecule has 1 atom stereocenters. The monoisotopic (exact) mass is 485 g/mol. The zero-order chi connectivity index (χ0) is 23.9. The molecule has 2 aromatic carbocycles. The molecule has 5 nitrogen and oxygen atoms in total. The Morgan fingerprint density at radius 1 is 1.06 bits per heavy atom. The molecular weight excluding hydrogens is 460 g/mol. The lowest BCUT2D eigenvalue weighted by Gasteiger charge is -2.32. The lowest BCUT2D eigenvalue weighted by atomic mass is 9.94. The van der Waals surface area contributed by atoms with Crippen LogP contribution in [-0.4, -0.2) is 42.0 Å². The van der Waals surface area contributed by atoms with E-state index < -0.39 is 11.6 Å². The van der Waals surface area contributed by atoms with Gasteiger partial charge in [-0.05, 0) is 67.9 Å². The SMILES string of the molecule is O=C(N[C@H](c1ccc(Cl)cc1)c1ccccn1)C1CCN(CCOc2c(F)cccc2F)CC1. The molecule has 1 aliphatic heterocycles. The molecule has 0 unspecified atom stereocenters. The second-order valence-electron chi connectivity index (χ2n) is 8.26. The summed E-state index contributed by atoms with van der Waals surface area (Å²) in [6, 6.07) is 16.3. The van der Waals surface area contributed by atoms with Gasteiger partial charge >= 0.3 is 0 Å². The van der Waals surface area contributed by atoms with Gasteiger partial charge in [0.15, 0.2) is 17.4 Å². The molecule has 0 aliphatic carbocycles. The van der Waals surface area contributed by atoms with Gasteiger partial charge in [-0.2, -0.15) is 0 Å². The van der Waals surface area contributed by atoms with Crippen LogP contribution >= 0.6 is 11.6 Å². The van der Waals surface area contributed by atoms with E-state index in [4.69, 9.17) is 16.3 Å². The number of hydrogen-bond acceptors (Lipinski definition) is 4. The highest BCUT2D eigenvalue weighted by Gasteiger charge is 2.28. The Morgan fingerprint density at radius 2 is 1.76 bits per heavy atom. The van der Waals surface area contributed by atoms with Crippen molar-refractivity contribution in [1.29, 1.82) is 0 Å². The maximum absolute atomic E-state index is 13.7. The maximum atomic E-state index is 13.7. The van der Waals surface area contributed by atoms with Gasteiger partial charge in [-0.3, -0.25) is 14.7 Å². The molecule has 1 N–H and O–H groups in total. The first-order valence-electron chi connectivity index (χ1n) is 11.3. The van der Waals surface area contributed by atoms with E-state index in [1.165, 1.54) is 18.2 Å². The van der Waals surface area contributed by atoms with Crippen LogP contribution in [0.2, 0.25) is 5.02 Å². The van der Waals surface area contributed by atoms with Crippen molar-refractivity contribution in [3.63, 3.8) is 0 Å². The Hall–Kier alpha value is -3.03. The molecule has 1 aliphatic rings. The second-order valence-corrected chi connectivity index (χ2v) is 8.70. The zero-order valence-corrected chi connectivity index (χ0v) is 19.3. The largest absolute Gasteiger partial charge is 0.486 e. The average molecular weight is 486 g/mol. The number of benzene rings is 2. The minimum Gasteiger partial charge on any atom is -0.486 e. The van der Waals surface area contributed by atoms with Crippen molar-refractivity contribution in [2.45, 2.75) is 18.9 Å². The molecule has 1 aromatic heterocycles. The summed E-state index contributed by atoms with van der Waals surface area (Å²) in [5.74, 6) is -1.91. The minimum atomic E-state index is -0.710. The summed E-state index contributed by atoms with van der Waals surface area (Å²) in [7, 11) is 0. The second kappa shape index (κ2) is 11.4. The number of amides is 1. The van der Waals surface area contributed by atoms with Gasteiger partial charge in [0.05, 0.1) is 11.7 Å². The van der Waals surface area contributed by atoms with Crippen LogP contribution in [0, 0.1) is 17.6 Å². The first kappa shape index (κ1) is 24.1. The third-order valence-electron chi connectivity index (χ3n) is 6.00. The highest BCUT2D eigenvalue weighted by Crippen LogP contribution is 2.25. The summed E-state index contributed by atoms with van der Waals surface area (Å²) in [4.78, 5) is 19.7. The standard InChI is InChI=1S/C26H26ClF2N3O2/c27-20-9-7-18(8-10-20)24(23-6-1-2-13-30-23)31-26(33)19-11-14-32(15-12-19)16-17-34-25-21(28)4-3-5-22(25)29/h1-10,13,19,24H,11-12,14-17H2,(H,31,33)/t24-/m1/s1. The number of para-hydroxylation sites is 1. The summed E-state index contributed by atoms with van der Waals surface area (Å²) in [5, 5.41) is 3.79. The summed E-state index contributed by atoms with van der Waals surface area (Å²) in [5.41, 5.74) is 1.67. The molecule has 0 spiro atoms. The molecule has 1 fully saturated rings. The number of rotatable bonds is 8. The number of carbonyl (C=O) groups excluding carboxylic acids is 1. The van der Waals surface area contributed by atoms with Gasteiger partial charge in [-0.15, -0.1) is 0 Å². The molecule has 0 saturated carbocycles. The minimum absolute atomic E-state index is 0.0186. The van der Waals surface area contributed by atoms with Crippen LogP contribution in [0.15, 0.2) is 66.9 Å². The van der Waals surface area contributed by atoms with Crippen molar-refractivity contribution in [2.75, 3.05) is 26.2 Å². The number of likely N-dealkylation sites (tertiary alicyclic amines) is 1. The van der Waals surface area contributed by atoms with Crippen LogP contribution < -0.4 is 10.1 Å². The summed E-state index contributed by atoms with van der Waals surface area (Å²) in [6.07, 6.45) is 3.09. The van der Waals surface area contributed by atoms with E-state index in [9.17, 15) is 13.6 Å². The first-order chi connectivity index (χ1) is 16.5. The Balaban J connectivity index is 1.31. The molecule has 0 bridgehead atoms. The predicted molar refractivity (Wildman–Crippen MR) is 127 cm³/mol. The third kappa shape index (κ3) is 6.10. The van der Waals surface area contributed by atoms with Crippen LogP contribution in [-0.2, 0) is 4.79 Å². The number of hydrogen-bond donors (Lipinski definition) is 1. The number of carbonyl (C=O) groups is 1. The zero-order valence-electron chi connectivity index (χ0n) is 18.6. The van der Waals surface area contributed by atoms with Crippen molar-refractivity contribution in [1.82, 2.24) is 15.2 Å². The van der Waals surface area contributed by atoms with Gasteiger partial charge in [0, 0.05) is 23.7 Å². The number of ether oxygens (including phenoxy) is 1. The van der Waals surface area contributed by atoms with Gasteiger partial charge in [0.1, 0.15) is 6.61 Å². The Morgan fingerprint density at radius 3 is 2.41 bits per heavy atom. The van der Waals surface area contributed by atoms with Crippen molar-refractivity contribution >= 4 is 17.5 Å². The van der Waals surface area contributed by atoms with Gasteiger partial charge in [0.25, 0.3) is 0 Å². The Bertz CT molecular complexity index is 1070. The van der Waals surface area contributed by atoms with Gasteiger partial charge in [-0.25, -0.2) is 8.78 Å². The van der Waals surface area contributed by atoms with Crippen molar-refractivity contribution < 1.29 is 18.3 Å². The molecular formula is C26H26ClF2N3O2. The fourth-order valence-corrected chi connectivity index (χ4v) is 4.23. The fourth-order valence-electron chi connectivity index (χ4n) is 4.11. The van der Waals surface area contributed by atoms with Crippen molar-refractivity contribution in [3.8, 4) is 5.75 Å². The lowest BCUT2D eigenvalue weighted by molar-refractivity contribution is -0.127. The van der Waals surface area contributed by atoms with E-state index in [1.54, 1.807) is 18.3 Å². The molecule has 0 radical (unpaired) electrons. The average Bonchev–Trinajstić information content (AvgIpc) is 2.86. The topological polar surface area (TPSA) is 54.5 Å². The summed E-state index contributed by atoms with van der Waals surface area (Å²) < 4.78 is 32.7. The Kier molecular flexibility index (Phi) is 8.08. The quantitative estimate of drug-likeness (QED) is 0.487.